The summed E-state index contributed by atoms with van der Waals surface area (Å²) < 4.78 is 49.6. The summed E-state index contributed by atoms with van der Waals surface area (Å²) in [5, 5.41) is 1.99. The van der Waals surface area contributed by atoms with Crippen LogP contribution in [0.5, 0.6) is 11.5 Å². The van der Waals surface area contributed by atoms with E-state index in [1.807, 2.05) is 0 Å². The lowest BCUT2D eigenvalue weighted by molar-refractivity contribution is -0.137. The number of methoxy groups -OCH3 is 1. The first-order valence-corrected chi connectivity index (χ1v) is 8.11. The first kappa shape index (κ1) is 19.9. The van der Waals surface area contributed by atoms with Gasteiger partial charge in [0.1, 0.15) is 0 Å². The van der Waals surface area contributed by atoms with E-state index in [0.717, 1.165) is 12.1 Å². The van der Waals surface area contributed by atoms with Gasteiger partial charge in [-0.05, 0) is 36.8 Å². The van der Waals surface area contributed by atoms with Crippen LogP contribution in [0.25, 0.3) is 0 Å². The number of nitrogens with one attached hydrogen (secondary N) is 1. The highest BCUT2D eigenvalue weighted by atomic mass is 35.5. The lowest BCUT2D eigenvalue weighted by Crippen LogP contribution is -2.32. The summed E-state index contributed by atoms with van der Waals surface area (Å²) in [4.78, 5) is 12.4. The number of rotatable bonds is 6. The predicted octanol–water partition coefficient (Wildman–Crippen LogP) is 5.16. The number of para-hydroxylation sites is 2. The van der Waals surface area contributed by atoms with Crippen molar-refractivity contribution in [3.05, 3.63) is 53.1 Å². The molecule has 0 saturated carbocycles. The second-order valence-electron chi connectivity index (χ2n) is 5.35. The van der Waals surface area contributed by atoms with Crippen molar-refractivity contribution in [2.45, 2.75) is 25.6 Å². The van der Waals surface area contributed by atoms with Crippen LogP contribution >= 0.6 is 11.6 Å². The fourth-order valence-electron chi connectivity index (χ4n) is 2.23. The summed E-state index contributed by atoms with van der Waals surface area (Å²) >= 11 is 5.58. The number of hydrogen-bond acceptors (Lipinski definition) is 3. The number of halogens is 4. The van der Waals surface area contributed by atoms with Crippen molar-refractivity contribution >= 4 is 23.2 Å². The Kier molecular flexibility index (Phi) is 6.37. The second kappa shape index (κ2) is 8.31. The van der Waals surface area contributed by atoms with Gasteiger partial charge in [0.25, 0.3) is 5.91 Å². The van der Waals surface area contributed by atoms with Gasteiger partial charge in [-0.3, -0.25) is 4.79 Å². The molecule has 26 heavy (non-hydrogen) atoms. The maximum absolute atomic E-state index is 12.9. The van der Waals surface area contributed by atoms with Crippen molar-refractivity contribution < 1.29 is 27.4 Å². The summed E-state index contributed by atoms with van der Waals surface area (Å²) in [6.45, 7) is 1.72. The summed E-state index contributed by atoms with van der Waals surface area (Å²) in [6, 6.07) is 9.95. The summed E-state index contributed by atoms with van der Waals surface area (Å²) in [7, 11) is 1.47. The smallest absolute Gasteiger partial charge is 0.417 e. The van der Waals surface area contributed by atoms with Crippen LogP contribution in [-0.2, 0) is 11.0 Å². The molecule has 0 fully saturated rings. The van der Waals surface area contributed by atoms with Gasteiger partial charge in [-0.15, -0.1) is 0 Å². The van der Waals surface area contributed by atoms with Crippen molar-refractivity contribution in [1.82, 2.24) is 0 Å². The highest BCUT2D eigenvalue weighted by molar-refractivity contribution is 6.31. The van der Waals surface area contributed by atoms with Crippen LogP contribution in [0.3, 0.4) is 0 Å². The molecule has 2 aromatic carbocycles. The Morgan fingerprint density at radius 3 is 2.42 bits per heavy atom. The first-order valence-electron chi connectivity index (χ1n) is 7.73. The normalized spacial score (nSPS) is 12.4. The number of alkyl halides is 3. The van der Waals surface area contributed by atoms with Gasteiger partial charge < -0.3 is 14.8 Å². The number of benzene rings is 2. The molecule has 1 atom stereocenters. The molecule has 0 aliphatic rings. The van der Waals surface area contributed by atoms with E-state index in [1.54, 1.807) is 31.2 Å². The lowest BCUT2D eigenvalue weighted by Gasteiger charge is -2.19. The largest absolute Gasteiger partial charge is 0.493 e. The SMILES string of the molecule is CCC(Oc1ccccc1OC)C(=O)Nc1ccc(Cl)c(C(F)(F)F)c1. The van der Waals surface area contributed by atoms with Crippen molar-refractivity contribution in [3.63, 3.8) is 0 Å². The molecule has 0 aromatic heterocycles. The maximum atomic E-state index is 12.9. The fourth-order valence-corrected chi connectivity index (χ4v) is 2.46. The monoisotopic (exact) mass is 387 g/mol. The number of amides is 1. The van der Waals surface area contributed by atoms with Crippen LogP contribution in [0.4, 0.5) is 18.9 Å². The second-order valence-corrected chi connectivity index (χ2v) is 5.75. The highest BCUT2D eigenvalue weighted by Crippen LogP contribution is 2.36. The molecule has 1 amide bonds. The molecule has 1 N–H and O–H groups in total. The molecular formula is C18H17ClF3NO3. The van der Waals surface area contributed by atoms with Gasteiger partial charge in [-0.1, -0.05) is 30.7 Å². The van der Waals surface area contributed by atoms with Gasteiger partial charge in [-0.25, -0.2) is 0 Å². The lowest BCUT2D eigenvalue weighted by atomic mass is 10.1. The molecular weight excluding hydrogens is 371 g/mol. The molecule has 4 nitrogen and oxygen atoms in total. The molecule has 0 spiro atoms. The number of hydrogen-bond donors (Lipinski definition) is 1. The molecule has 0 heterocycles. The van der Waals surface area contributed by atoms with E-state index in [-0.39, 0.29) is 5.69 Å². The fraction of sp³-hybridized carbons (Fsp3) is 0.278. The van der Waals surface area contributed by atoms with Gasteiger partial charge in [0, 0.05) is 5.69 Å². The minimum atomic E-state index is -4.62. The van der Waals surface area contributed by atoms with Crippen molar-refractivity contribution in [1.29, 1.82) is 0 Å². The molecule has 140 valence electrons. The van der Waals surface area contributed by atoms with Crippen LogP contribution in [0, 0.1) is 0 Å². The molecule has 0 bridgehead atoms. The minimum absolute atomic E-state index is 0.0196. The predicted molar refractivity (Wildman–Crippen MR) is 92.8 cm³/mol. The Balaban J connectivity index is 2.17. The molecule has 2 rings (SSSR count). The van der Waals surface area contributed by atoms with Crippen molar-refractivity contribution in [2.24, 2.45) is 0 Å². The molecule has 8 heteroatoms. The molecule has 0 aliphatic heterocycles. The van der Waals surface area contributed by atoms with E-state index in [4.69, 9.17) is 21.1 Å². The van der Waals surface area contributed by atoms with Gasteiger partial charge in [0.15, 0.2) is 17.6 Å². The third-order valence-corrected chi connectivity index (χ3v) is 3.87. The number of carbonyl (C=O) groups excluding carboxylic acids is 1. The van der Waals surface area contributed by atoms with Crippen molar-refractivity contribution in [2.75, 3.05) is 12.4 Å². The van der Waals surface area contributed by atoms with E-state index < -0.39 is 28.8 Å². The van der Waals surface area contributed by atoms with Gasteiger partial charge in [0.05, 0.1) is 17.7 Å². The quantitative estimate of drug-likeness (QED) is 0.744. The first-order chi connectivity index (χ1) is 12.3. The van der Waals surface area contributed by atoms with Gasteiger partial charge in [0.2, 0.25) is 0 Å². The van der Waals surface area contributed by atoms with Gasteiger partial charge >= 0.3 is 6.18 Å². The third kappa shape index (κ3) is 4.82. The standard InChI is InChI=1S/C18H17ClF3NO3/c1-3-14(26-16-7-5-4-6-15(16)25-2)17(24)23-11-8-9-13(19)12(10-11)18(20,21)22/h4-10,14H,3H2,1-2H3,(H,23,24). The molecule has 2 aromatic rings. The van der Waals surface area contributed by atoms with E-state index in [1.165, 1.54) is 13.2 Å². The zero-order chi connectivity index (χ0) is 19.3. The zero-order valence-corrected chi connectivity index (χ0v) is 14.8. The third-order valence-electron chi connectivity index (χ3n) is 3.54. The van der Waals surface area contributed by atoms with E-state index in [0.29, 0.717) is 17.9 Å². The number of carbonyl (C=O) groups is 1. The average Bonchev–Trinajstić information content (AvgIpc) is 2.60. The summed E-state index contributed by atoms with van der Waals surface area (Å²) in [5.74, 6) is 0.238. The maximum Gasteiger partial charge on any atom is 0.417 e. The van der Waals surface area contributed by atoms with E-state index >= 15 is 0 Å². The summed E-state index contributed by atoms with van der Waals surface area (Å²) in [5.41, 5.74) is -1.04. The molecule has 0 aliphatic carbocycles. The van der Waals surface area contributed by atoms with Gasteiger partial charge in [-0.2, -0.15) is 13.2 Å². The van der Waals surface area contributed by atoms with E-state index in [9.17, 15) is 18.0 Å². The Labute approximate surface area is 153 Å². The van der Waals surface area contributed by atoms with Crippen LogP contribution < -0.4 is 14.8 Å². The van der Waals surface area contributed by atoms with E-state index in [2.05, 4.69) is 5.32 Å². The van der Waals surface area contributed by atoms with Crippen LogP contribution in [-0.4, -0.2) is 19.1 Å². The molecule has 1 unspecified atom stereocenters. The van der Waals surface area contributed by atoms with Crippen LogP contribution in [0.15, 0.2) is 42.5 Å². The zero-order valence-electron chi connectivity index (χ0n) is 14.1. The molecule has 0 saturated heterocycles. The summed E-state index contributed by atoms with van der Waals surface area (Å²) in [6.07, 6.45) is -5.21. The Bertz CT molecular complexity index is 781. The average molecular weight is 388 g/mol. The minimum Gasteiger partial charge on any atom is -0.493 e. The van der Waals surface area contributed by atoms with Crippen LogP contribution in [0.1, 0.15) is 18.9 Å². The van der Waals surface area contributed by atoms with Crippen LogP contribution in [0.2, 0.25) is 5.02 Å². The Hall–Kier alpha value is -2.41. The van der Waals surface area contributed by atoms with Crippen molar-refractivity contribution in [3.8, 4) is 11.5 Å². The topological polar surface area (TPSA) is 47.6 Å². The Morgan fingerprint density at radius 1 is 1.19 bits per heavy atom. The highest BCUT2D eigenvalue weighted by Gasteiger charge is 2.33. The number of ether oxygens (including phenoxy) is 2. The number of anilines is 1. The Morgan fingerprint density at radius 2 is 1.85 bits per heavy atom. The molecule has 0 radical (unpaired) electrons.